The molecule has 0 spiro atoms. The van der Waals surface area contributed by atoms with Crippen LogP contribution in [0.1, 0.15) is 11.1 Å². The van der Waals surface area contributed by atoms with Crippen LogP contribution in [0.2, 0.25) is 0 Å². The van der Waals surface area contributed by atoms with Crippen molar-refractivity contribution in [1.82, 2.24) is 10.6 Å². The minimum Gasteiger partial charge on any atom is -0.497 e. The topological polar surface area (TPSA) is 105 Å². The average molecular weight is 370 g/mol. The van der Waals surface area contributed by atoms with Gasteiger partial charge in [0.15, 0.2) is 0 Å². The standard InChI is InChI=1S/C20H22N2O5/c1-27-16-9-7-15(8-10-16)12-18(23)21-13-19(24)22-17(20(25)26)11-14-5-3-2-4-6-14/h2-10,17H,11-13H2,1H3,(H,21,23)(H,22,24)(H,25,26)/t17-/m0/s1. The van der Waals surface area contributed by atoms with Crippen molar-refractivity contribution in [2.75, 3.05) is 13.7 Å². The lowest BCUT2D eigenvalue weighted by Crippen LogP contribution is -2.46. The van der Waals surface area contributed by atoms with Gasteiger partial charge < -0.3 is 20.5 Å². The van der Waals surface area contributed by atoms with E-state index >= 15 is 0 Å². The number of aliphatic carboxylic acids is 1. The van der Waals surface area contributed by atoms with Crippen molar-refractivity contribution in [2.45, 2.75) is 18.9 Å². The number of carboxylic acid groups (broad SMARTS) is 1. The highest BCUT2D eigenvalue weighted by atomic mass is 16.5. The van der Waals surface area contributed by atoms with Crippen LogP contribution in [0, 0.1) is 0 Å². The quantitative estimate of drug-likeness (QED) is 0.615. The molecule has 0 saturated heterocycles. The third kappa shape index (κ3) is 6.81. The molecule has 2 aromatic carbocycles. The third-order valence-electron chi connectivity index (χ3n) is 3.89. The number of benzene rings is 2. The van der Waals surface area contributed by atoms with Crippen LogP contribution in [0.3, 0.4) is 0 Å². The molecular weight excluding hydrogens is 348 g/mol. The molecule has 0 saturated carbocycles. The highest BCUT2D eigenvalue weighted by Crippen LogP contribution is 2.11. The molecule has 2 amide bonds. The summed E-state index contributed by atoms with van der Waals surface area (Å²) in [5.41, 5.74) is 1.58. The maximum absolute atomic E-state index is 12.0. The summed E-state index contributed by atoms with van der Waals surface area (Å²) in [4.78, 5) is 35.3. The number of hydrogen-bond donors (Lipinski definition) is 3. The molecule has 2 aromatic rings. The Bertz CT molecular complexity index is 775. The van der Waals surface area contributed by atoms with Gasteiger partial charge in [0, 0.05) is 6.42 Å². The summed E-state index contributed by atoms with van der Waals surface area (Å²) in [6.07, 6.45) is 0.283. The summed E-state index contributed by atoms with van der Waals surface area (Å²) < 4.78 is 5.05. The predicted molar refractivity (Wildman–Crippen MR) is 99.4 cm³/mol. The second kappa shape index (κ2) is 9.96. The Morgan fingerprint density at radius 1 is 0.963 bits per heavy atom. The van der Waals surface area contributed by atoms with Crippen LogP contribution in [0.15, 0.2) is 54.6 Å². The van der Waals surface area contributed by atoms with Gasteiger partial charge in [-0.15, -0.1) is 0 Å². The van der Waals surface area contributed by atoms with E-state index in [1.165, 1.54) is 0 Å². The molecule has 0 aliphatic heterocycles. The minimum absolute atomic E-state index is 0.115. The van der Waals surface area contributed by atoms with Crippen LogP contribution < -0.4 is 15.4 Å². The van der Waals surface area contributed by atoms with Crippen molar-refractivity contribution in [3.63, 3.8) is 0 Å². The summed E-state index contributed by atoms with van der Waals surface area (Å²) in [7, 11) is 1.56. The Labute approximate surface area is 157 Å². The second-order valence-corrected chi connectivity index (χ2v) is 5.95. The molecule has 3 N–H and O–H groups in total. The van der Waals surface area contributed by atoms with E-state index in [0.29, 0.717) is 5.75 Å². The van der Waals surface area contributed by atoms with Crippen molar-refractivity contribution in [1.29, 1.82) is 0 Å². The van der Waals surface area contributed by atoms with Crippen molar-refractivity contribution in [2.24, 2.45) is 0 Å². The van der Waals surface area contributed by atoms with Crippen LogP contribution >= 0.6 is 0 Å². The van der Waals surface area contributed by atoms with Crippen LogP contribution in [-0.4, -0.2) is 42.6 Å². The predicted octanol–water partition coefficient (Wildman–Crippen LogP) is 1.17. The molecular formula is C20H22N2O5. The number of carbonyl (C=O) groups is 3. The fraction of sp³-hybridized carbons (Fsp3) is 0.250. The number of carbonyl (C=O) groups excluding carboxylic acids is 2. The number of ether oxygens (including phenoxy) is 1. The van der Waals surface area contributed by atoms with E-state index in [2.05, 4.69) is 10.6 Å². The largest absolute Gasteiger partial charge is 0.497 e. The van der Waals surface area contributed by atoms with Gasteiger partial charge in [-0.1, -0.05) is 42.5 Å². The third-order valence-corrected chi connectivity index (χ3v) is 3.89. The van der Waals surface area contributed by atoms with E-state index in [9.17, 15) is 19.5 Å². The molecule has 0 aliphatic rings. The first kappa shape index (κ1) is 20.0. The molecule has 27 heavy (non-hydrogen) atoms. The summed E-state index contributed by atoms with van der Waals surface area (Å²) in [5, 5.41) is 14.2. The molecule has 0 aliphatic carbocycles. The van der Waals surface area contributed by atoms with E-state index in [-0.39, 0.29) is 25.3 Å². The van der Waals surface area contributed by atoms with E-state index < -0.39 is 17.9 Å². The Morgan fingerprint density at radius 3 is 2.22 bits per heavy atom. The van der Waals surface area contributed by atoms with Gasteiger partial charge in [0.25, 0.3) is 0 Å². The lowest BCUT2D eigenvalue weighted by Gasteiger charge is -2.15. The van der Waals surface area contributed by atoms with Gasteiger partial charge >= 0.3 is 5.97 Å². The van der Waals surface area contributed by atoms with Crippen molar-refractivity contribution in [3.05, 3.63) is 65.7 Å². The number of nitrogens with one attached hydrogen (secondary N) is 2. The number of amides is 2. The van der Waals surface area contributed by atoms with Gasteiger partial charge in [0.05, 0.1) is 20.1 Å². The van der Waals surface area contributed by atoms with Gasteiger partial charge in [-0.3, -0.25) is 9.59 Å². The Morgan fingerprint density at radius 2 is 1.63 bits per heavy atom. The Balaban J connectivity index is 1.80. The number of carboxylic acids is 1. The van der Waals surface area contributed by atoms with Gasteiger partial charge in [-0.05, 0) is 23.3 Å². The number of rotatable bonds is 9. The van der Waals surface area contributed by atoms with Gasteiger partial charge in [0.1, 0.15) is 11.8 Å². The summed E-state index contributed by atoms with van der Waals surface area (Å²) >= 11 is 0. The van der Waals surface area contributed by atoms with E-state index in [0.717, 1.165) is 11.1 Å². The molecule has 0 radical (unpaired) electrons. The molecule has 0 aromatic heterocycles. The summed E-state index contributed by atoms with van der Waals surface area (Å²) in [6, 6.07) is 15.0. The zero-order valence-corrected chi connectivity index (χ0v) is 15.0. The average Bonchev–Trinajstić information content (AvgIpc) is 2.67. The van der Waals surface area contributed by atoms with Crippen LogP contribution in [0.5, 0.6) is 5.75 Å². The van der Waals surface area contributed by atoms with Crippen molar-refractivity contribution < 1.29 is 24.2 Å². The number of hydrogen-bond acceptors (Lipinski definition) is 4. The zero-order valence-electron chi connectivity index (χ0n) is 15.0. The molecule has 0 heterocycles. The van der Waals surface area contributed by atoms with E-state index in [4.69, 9.17) is 4.74 Å². The van der Waals surface area contributed by atoms with Crippen LogP contribution in [-0.2, 0) is 27.2 Å². The Kier molecular flexibility index (Phi) is 7.37. The van der Waals surface area contributed by atoms with Gasteiger partial charge in [0.2, 0.25) is 11.8 Å². The highest BCUT2D eigenvalue weighted by Gasteiger charge is 2.20. The van der Waals surface area contributed by atoms with Gasteiger partial charge in [-0.25, -0.2) is 4.79 Å². The zero-order chi connectivity index (χ0) is 19.6. The Hall–Kier alpha value is -3.35. The first-order valence-electron chi connectivity index (χ1n) is 8.43. The maximum atomic E-state index is 12.0. The van der Waals surface area contributed by atoms with Crippen molar-refractivity contribution >= 4 is 17.8 Å². The van der Waals surface area contributed by atoms with Crippen LogP contribution in [0.4, 0.5) is 0 Å². The lowest BCUT2D eigenvalue weighted by molar-refractivity contribution is -0.141. The van der Waals surface area contributed by atoms with Crippen LogP contribution in [0.25, 0.3) is 0 Å². The first-order valence-corrected chi connectivity index (χ1v) is 8.43. The molecule has 0 bridgehead atoms. The maximum Gasteiger partial charge on any atom is 0.326 e. The van der Waals surface area contributed by atoms with E-state index in [1.807, 2.05) is 6.07 Å². The summed E-state index contributed by atoms with van der Waals surface area (Å²) in [6.45, 7) is -0.284. The highest BCUT2D eigenvalue weighted by molar-refractivity contribution is 5.88. The number of methoxy groups -OCH3 is 1. The smallest absolute Gasteiger partial charge is 0.326 e. The molecule has 2 rings (SSSR count). The fourth-order valence-electron chi connectivity index (χ4n) is 2.47. The molecule has 0 fully saturated rings. The first-order chi connectivity index (χ1) is 13.0. The normalized spacial score (nSPS) is 11.3. The molecule has 142 valence electrons. The minimum atomic E-state index is -1.13. The van der Waals surface area contributed by atoms with E-state index in [1.54, 1.807) is 55.6 Å². The molecule has 0 unspecified atom stereocenters. The second-order valence-electron chi connectivity index (χ2n) is 5.95. The fourth-order valence-corrected chi connectivity index (χ4v) is 2.47. The van der Waals surface area contributed by atoms with Gasteiger partial charge in [-0.2, -0.15) is 0 Å². The summed E-state index contributed by atoms with van der Waals surface area (Å²) in [5.74, 6) is -1.32. The van der Waals surface area contributed by atoms with Crippen molar-refractivity contribution in [3.8, 4) is 5.75 Å². The molecule has 7 nitrogen and oxygen atoms in total. The molecule has 7 heteroatoms. The monoisotopic (exact) mass is 370 g/mol. The SMILES string of the molecule is COc1ccc(CC(=O)NCC(=O)N[C@@H](Cc2ccccc2)C(=O)O)cc1. The molecule has 1 atom stereocenters. The lowest BCUT2D eigenvalue weighted by atomic mass is 10.1.